The summed E-state index contributed by atoms with van der Waals surface area (Å²) in [5.74, 6) is 0. The van der Waals surface area contributed by atoms with Crippen LogP contribution in [0, 0.1) is 10.1 Å². The van der Waals surface area contributed by atoms with Gasteiger partial charge in [-0.1, -0.05) is 12.2 Å². The van der Waals surface area contributed by atoms with E-state index in [0.29, 0.717) is 0 Å². The van der Waals surface area contributed by atoms with Crippen molar-refractivity contribution in [1.29, 1.82) is 0 Å². The second-order valence-corrected chi connectivity index (χ2v) is 1.40. The minimum absolute atomic E-state index is 0.531. The molecule has 4 heteroatoms. The van der Waals surface area contributed by atoms with Crippen LogP contribution in [0.3, 0.4) is 0 Å². The predicted octanol–water partition coefficient (Wildman–Crippen LogP) is 0.805. The molecule has 0 aromatic heterocycles. The highest BCUT2D eigenvalue weighted by Crippen LogP contribution is 1.78. The maximum atomic E-state index is 9.67. The van der Waals surface area contributed by atoms with E-state index in [-0.39, 0.29) is 0 Å². The van der Waals surface area contributed by atoms with Gasteiger partial charge in [0.1, 0.15) is 0 Å². The van der Waals surface area contributed by atoms with Gasteiger partial charge in [0.2, 0.25) is 6.20 Å². The van der Waals surface area contributed by atoms with Crippen molar-refractivity contribution in [2.75, 3.05) is 0 Å². The van der Waals surface area contributed by atoms with Crippen molar-refractivity contribution in [2.45, 2.75) is 0 Å². The van der Waals surface area contributed by atoms with Crippen LogP contribution >= 0.6 is 0 Å². The molecule has 2 N–H and O–H groups in total. The largest absolute Gasteiger partial charge is 0.405 e. The topological polar surface area (TPSA) is 69.2 Å². The van der Waals surface area contributed by atoms with Gasteiger partial charge in [0, 0.05) is 6.08 Å². The maximum absolute atomic E-state index is 9.67. The Kier molecular flexibility index (Phi) is 4.68. The molecule has 0 spiro atoms. The number of nitrogens with two attached hydrogens (primary N) is 1. The molecule has 0 aliphatic carbocycles. The van der Waals surface area contributed by atoms with Crippen LogP contribution in [0.15, 0.2) is 36.7 Å². The zero-order chi connectivity index (χ0) is 7.82. The second kappa shape index (κ2) is 5.55. The van der Waals surface area contributed by atoms with Crippen molar-refractivity contribution in [3.05, 3.63) is 46.8 Å². The van der Waals surface area contributed by atoms with Crippen molar-refractivity contribution in [1.82, 2.24) is 0 Å². The van der Waals surface area contributed by atoms with Gasteiger partial charge in [-0.15, -0.1) is 0 Å². The molecule has 0 aromatic carbocycles. The third-order valence-electron chi connectivity index (χ3n) is 0.652. The van der Waals surface area contributed by atoms with Gasteiger partial charge < -0.3 is 5.73 Å². The molecule has 0 saturated carbocycles. The summed E-state index contributed by atoms with van der Waals surface area (Å²) in [5.41, 5.74) is 4.98. The summed E-state index contributed by atoms with van der Waals surface area (Å²) in [6.45, 7) is 0. The van der Waals surface area contributed by atoms with E-state index < -0.39 is 4.92 Å². The van der Waals surface area contributed by atoms with E-state index in [1.165, 1.54) is 18.4 Å². The van der Waals surface area contributed by atoms with Gasteiger partial charge in [0.05, 0.1) is 4.92 Å². The second-order valence-electron chi connectivity index (χ2n) is 1.40. The molecule has 0 fully saturated rings. The lowest BCUT2D eigenvalue weighted by atomic mass is 10.4. The van der Waals surface area contributed by atoms with Crippen LogP contribution in [0.5, 0.6) is 0 Å². The van der Waals surface area contributed by atoms with E-state index in [1.807, 2.05) is 0 Å². The quantitative estimate of drug-likeness (QED) is 0.358. The number of hydrogen-bond donors (Lipinski definition) is 1. The number of nitro groups is 1. The highest BCUT2D eigenvalue weighted by molar-refractivity contribution is 5.08. The van der Waals surface area contributed by atoms with Crippen LogP contribution < -0.4 is 5.73 Å². The highest BCUT2D eigenvalue weighted by Gasteiger charge is 1.76. The van der Waals surface area contributed by atoms with Crippen molar-refractivity contribution in [3.63, 3.8) is 0 Å². The Morgan fingerprint density at radius 3 is 2.30 bits per heavy atom. The molecule has 10 heavy (non-hydrogen) atoms. The van der Waals surface area contributed by atoms with Crippen LogP contribution in [0.1, 0.15) is 0 Å². The van der Waals surface area contributed by atoms with Gasteiger partial charge in [-0.05, 0) is 12.3 Å². The van der Waals surface area contributed by atoms with Crippen LogP contribution in [0.2, 0.25) is 0 Å². The summed E-state index contributed by atoms with van der Waals surface area (Å²) in [5, 5.41) is 9.67. The third kappa shape index (κ3) is 6.42. The molecule has 54 valence electrons. The summed E-state index contributed by atoms with van der Waals surface area (Å²) in [6.07, 6.45) is 8.20. The lowest BCUT2D eigenvalue weighted by Gasteiger charge is -1.73. The molecule has 0 amide bonds. The fourth-order valence-corrected chi connectivity index (χ4v) is 0.312. The minimum Gasteiger partial charge on any atom is -0.405 e. The van der Waals surface area contributed by atoms with Gasteiger partial charge in [-0.25, -0.2) is 0 Å². The fraction of sp³-hybridized carbons (Fsp3) is 0. The molecule has 0 atom stereocenters. The zero-order valence-electron chi connectivity index (χ0n) is 5.31. The van der Waals surface area contributed by atoms with Gasteiger partial charge in [-0.2, -0.15) is 0 Å². The van der Waals surface area contributed by atoms with Crippen molar-refractivity contribution >= 4 is 0 Å². The number of rotatable bonds is 3. The Labute approximate surface area is 58.5 Å². The Morgan fingerprint density at radius 2 is 1.80 bits per heavy atom. The first-order valence-corrected chi connectivity index (χ1v) is 2.62. The maximum Gasteiger partial charge on any atom is 0.234 e. The summed E-state index contributed by atoms with van der Waals surface area (Å²) in [4.78, 5) is 9.14. The minimum atomic E-state index is -0.531. The van der Waals surface area contributed by atoms with Crippen molar-refractivity contribution in [2.24, 2.45) is 5.73 Å². The first kappa shape index (κ1) is 8.42. The Morgan fingerprint density at radius 1 is 1.20 bits per heavy atom. The van der Waals surface area contributed by atoms with Crippen LogP contribution in [-0.2, 0) is 0 Å². The SMILES string of the molecule is N/C=C/C=C\C=C\[N+](=O)[O-]. The Hall–Kier alpha value is -1.58. The van der Waals surface area contributed by atoms with Gasteiger partial charge >= 0.3 is 0 Å². The van der Waals surface area contributed by atoms with Crippen LogP contribution in [-0.4, -0.2) is 4.92 Å². The molecule has 0 aromatic rings. The van der Waals surface area contributed by atoms with E-state index in [1.54, 1.807) is 12.2 Å². The average molecular weight is 140 g/mol. The normalized spacial score (nSPS) is 12.0. The molecule has 0 rings (SSSR count). The Balaban J connectivity index is 3.62. The third-order valence-corrected chi connectivity index (χ3v) is 0.652. The van der Waals surface area contributed by atoms with Crippen LogP contribution in [0.25, 0.3) is 0 Å². The van der Waals surface area contributed by atoms with Crippen molar-refractivity contribution in [3.8, 4) is 0 Å². The van der Waals surface area contributed by atoms with Gasteiger partial charge in [0.25, 0.3) is 0 Å². The number of hydrogen-bond acceptors (Lipinski definition) is 3. The number of allylic oxidation sites excluding steroid dienone is 4. The van der Waals surface area contributed by atoms with E-state index in [0.717, 1.165) is 6.20 Å². The van der Waals surface area contributed by atoms with Crippen molar-refractivity contribution < 1.29 is 4.92 Å². The molecule has 0 unspecified atom stereocenters. The molecule has 0 saturated heterocycles. The van der Waals surface area contributed by atoms with E-state index in [4.69, 9.17) is 5.73 Å². The lowest BCUT2D eigenvalue weighted by molar-refractivity contribution is -0.402. The average Bonchev–Trinajstić information content (AvgIpc) is 1.87. The summed E-state index contributed by atoms with van der Waals surface area (Å²) in [6, 6.07) is 0. The van der Waals surface area contributed by atoms with E-state index in [9.17, 15) is 10.1 Å². The summed E-state index contributed by atoms with van der Waals surface area (Å²) >= 11 is 0. The first-order chi connectivity index (χ1) is 4.77. The molecule has 4 nitrogen and oxygen atoms in total. The van der Waals surface area contributed by atoms with Crippen LogP contribution in [0.4, 0.5) is 0 Å². The number of nitrogens with zero attached hydrogens (tertiary/aromatic N) is 1. The smallest absolute Gasteiger partial charge is 0.234 e. The monoisotopic (exact) mass is 140 g/mol. The molecule has 0 bridgehead atoms. The summed E-state index contributed by atoms with van der Waals surface area (Å²) < 4.78 is 0. The predicted molar refractivity (Wildman–Crippen MR) is 38.6 cm³/mol. The lowest BCUT2D eigenvalue weighted by Crippen LogP contribution is -1.80. The molecular formula is C6H8N2O2. The Bertz CT molecular complexity index is 182. The first-order valence-electron chi connectivity index (χ1n) is 2.62. The molecule has 0 heterocycles. The van der Waals surface area contributed by atoms with E-state index >= 15 is 0 Å². The highest BCUT2D eigenvalue weighted by atomic mass is 16.6. The van der Waals surface area contributed by atoms with Gasteiger partial charge in [-0.3, -0.25) is 10.1 Å². The molecule has 0 aliphatic heterocycles. The summed E-state index contributed by atoms with van der Waals surface area (Å²) in [7, 11) is 0. The van der Waals surface area contributed by atoms with E-state index in [2.05, 4.69) is 0 Å². The molecular weight excluding hydrogens is 132 g/mol. The fourth-order valence-electron chi connectivity index (χ4n) is 0.312. The standard InChI is InChI=1S/C6H8N2O2/c7-5-3-1-2-4-6-8(9)10/h1-6H,7H2/b2-1-,5-3+,6-4+. The molecule has 0 aliphatic rings. The zero-order valence-corrected chi connectivity index (χ0v) is 5.31. The van der Waals surface area contributed by atoms with Gasteiger partial charge in [0.15, 0.2) is 0 Å². The molecule has 0 radical (unpaired) electrons.